The summed E-state index contributed by atoms with van der Waals surface area (Å²) in [5.41, 5.74) is 14.3. The Hall–Kier alpha value is -8.48. The van der Waals surface area contributed by atoms with Crippen LogP contribution in [0, 0.1) is 5.92 Å². The Morgan fingerprint density at radius 3 is 1.29 bits per heavy atom. The molecule has 0 saturated heterocycles. The smallest absolute Gasteiger partial charge is 0.169 e. The quantitative estimate of drug-likeness (QED) is 0.144. The van der Waals surface area contributed by atoms with Crippen LogP contribution in [0.1, 0.15) is 52.1 Å². The second kappa shape index (κ2) is 18.3. The summed E-state index contributed by atoms with van der Waals surface area (Å²) >= 11 is 0. The van der Waals surface area contributed by atoms with Crippen molar-refractivity contribution in [2.24, 2.45) is 25.9 Å². The maximum atomic E-state index is 5.31. The highest BCUT2D eigenvalue weighted by Gasteiger charge is 2.27. The summed E-state index contributed by atoms with van der Waals surface area (Å²) < 4.78 is 0. The van der Waals surface area contributed by atoms with Gasteiger partial charge in [0.05, 0.1) is 0 Å². The fourth-order valence-corrected chi connectivity index (χ4v) is 8.88. The lowest BCUT2D eigenvalue weighted by Crippen LogP contribution is -2.39. The van der Waals surface area contributed by atoms with E-state index in [1.54, 1.807) is 0 Å². The Kier molecular flexibility index (Phi) is 11.2. The summed E-state index contributed by atoms with van der Waals surface area (Å²) in [6, 6.07) is 76.3. The van der Waals surface area contributed by atoms with E-state index in [9.17, 15) is 0 Å². The van der Waals surface area contributed by atoms with Crippen molar-refractivity contribution in [2.45, 2.75) is 18.8 Å². The first-order valence-corrected chi connectivity index (χ1v) is 22.5. The molecule has 2 N–H and O–H groups in total. The maximum Gasteiger partial charge on any atom is 0.169 e. The lowest BCUT2D eigenvalue weighted by atomic mass is 9.88. The molecule has 6 nitrogen and oxygen atoms in total. The van der Waals surface area contributed by atoms with Crippen LogP contribution in [-0.4, -0.2) is 23.3 Å². The number of rotatable bonds is 10. The number of nitrogens with zero attached hydrogens (tertiary/aromatic N) is 4. The highest BCUT2D eigenvalue weighted by Crippen LogP contribution is 2.35. The van der Waals surface area contributed by atoms with Crippen molar-refractivity contribution in [3.63, 3.8) is 0 Å². The topological polar surface area (TPSA) is 73.5 Å². The molecule has 8 aromatic rings. The highest BCUT2D eigenvalue weighted by atomic mass is 15.2. The van der Waals surface area contributed by atoms with Crippen LogP contribution >= 0.6 is 0 Å². The van der Waals surface area contributed by atoms with Crippen LogP contribution in [0.3, 0.4) is 0 Å². The van der Waals surface area contributed by atoms with Crippen molar-refractivity contribution in [1.29, 1.82) is 0 Å². The Morgan fingerprint density at radius 2 is 0.727 bits per heavy atom. The number of nitrogens with one attached hydrogen (secondary N) is 2. The summed E-state index contributed by atoms with van der Waals surface area (Å²) in [5, 5.41) is 7.24. The maximum absolute atomic E-state index is 5.31. The minimum absolute atomic E-state index is 0.0845. The number of allylic oxidation sites excluding steroid dienone is 3. The summed E-state index contributed by atoms with van der Waals surface area (Å²) in [6.07, 6.45) is 6.64. The van der Waals surface area contributed by atoms with Crippen LogP contribution in [0.4, 0.5) is 0 Å². The van der Waals surface area contributed by atoms with Gasteiger partial charge in [0, 0.05) is 22.6 Å². The van der Waals surface area contributed by atoms with Gasteiger partial charge in [0.1, 0.15) is 23.3 Å². The Balaban J connectivity index is 0.897. The van der Waals surface area contributed by atoms with Crippen LogP contribution in [0.25, 0.3) is 39.0 Å². The molecule has 66 heavy (non-hydrogen) atoms. The van der Waals surface area contributed by atoms with Gasteiger partial charge in [-0.1, -0.05) is 212 Å². The third-order valence-electron chi connectivity index (χ3n) is 12.3. The van der Waals surface area contributed by atoms with E-state index in [-0.39, 0.29) is 5.92 Å². The summed E-state index contributed by atoms with van der Waals surface area (Å²) in [5.74, 6) is 3.40. The molecule has 1 aliphatic carbocycles. The van der Waals surface area contributed by atoms with E-state index < -0.39 is 12.3 Å². The first kappa shape index (κ1) is 40.3. The van der Waals surface area contributed by atoms with E-state index in [2.05, 4.69) is 217 Å². The van der Waals surface area contributed by atoms with Gasteiger partial charge >= 0.3 is 0 Å². The fourth-order valence-electron chi connectivity index (χ4n) is 8.88. The number of hydrogen-bond donors (Lipinski definition) is 2. The molecule has 2 aliphatic heterocycles. The third kappa shape index (κ3) is 8.73. The molecule has 6 heteroatoms. The molecule has 8 aromatic carbocycles. The molecule has 0 amide bonds. The van der Waals surface area contributed by atoms with Gasteiger partial charge in [-0.3, -0.25) is 0 Å². The normalized spacial score (nSPS) is 17.8. The lowest BCUT2D eigenvalue weighted by Gasteiger charge is -2.27. The van der Waals surface area contributed by atoms with Crippen LogP contribution < -0.4 is 10.6 Å². The largest absolute Gasteiger partial charge is 0.328 e. The average molecular weight is 851 g/mol. The van der Waals surface area contributed by atoms with Gasteiger partial charge in [0.15, 0.2) is 12.3 Å². The van der Waals surface area contributed by atoms with Gasteiger partial charge in [0.2, 0.25) is 0 Å². The van der Waals surface area contributed by atoms with E-state index in [0.717, 1.165) is 91.0 Å². The van der Waals surface area contributed by atoms with Crippen molar-refractivity contribution >= 4 is 28.9 Å². The van der Waals surface area contributed by atoms with Crippen molar-refractivity contribution in [2.75, 3.05) is 0 Å². The molecular formula is C60H46N6. The summed E-state index contributed by atoms with van der Waals surface area (Å²) in [6.45, 7) is 0. The zero-order valence-electron chi connectivity index (χ0n) is 36.2. The molecule has 2 heterocycles. The van der Waals surface area contributed by atoms with Gasteiger partial charge in [-0.2, -0.15) is 0 Å². The predicted molar refractivity (Wildman–Crippen MR) is 273 cm³/mol. The van der Waals surface area contributed by atoms with Crippen molar-refractivity contribution in [3.05, 3.63) is 270 Å². The monoisotopic (exact) mass is 850 g/mol. The number of hydrogen-bond acceptors (Lipinski definition) is 6. The first-order valence-electron chi connectivity index (χ1n) is 22.5. The molecule has 3 unspecified atom stereocenters. The minimum atomic E-state index is -0.421. The van der Waals surface area contributed by atoms with Crippen molar-refractivity contribution < 1.29 is 0 Å². The molecular weight excluding hydrogens is 805 g/mol. The highest BCUT2D eigenvalue weighted by molar-refractivity contribution is 6.16. The molecule has 0 aromatic heterocycles. The molecule has 0 saturated carbocycles. The Bertz CT molecular complexity index is 3220. The van der Waals surface area contributed by atoms with Gasteiger partial charge in [-0.25, -0.2) is 20.0 Å². The van der Waals surface area contributed by atoms with Gasteiger partial charge < -0.3 is 10.6 Å². The number of benzene rings is 8. The molecule has 0 radical (unpaired) electrons. The van der Waals surface area contributed by atoms with Crippen LogP contribution in [0.15, 0.2) is 257 Å². The van der Waals surface area contributed by atoms with Gasteiger partial charge in [-0.15, -0.1) is 0 Å². The second-order valence-corrected chi connectivity index (χ2v) is 16.7. The SMILES string of the molecule is C1=CC(C2=NC(c3cccc(-c4cccc(-c5cccc(C6=NC(c7cccc(-c8ccccc8)c7)N=C(c7ccccc7)N6)c5)c4)c3)N=C(c3ccccc3)N2)CC(c2ccccc2)=C1. The molecule has 11 rings (SSSR count). The fraction of sp³-hybridized carbons (Fsp3) is 0.0667. The summed E-state index contributed by atoms with van der Waals surface area (Å²) in [7, 11) is 0. The van der Waals surface area contributed by atoms with E-state index in [1.165, 1.54) is 11.1 Å². The lowest BCUT2D eigenvalue weighted by molar-refractivity contribution is 0.723. The van der Waals surface area contributed by atoms with Crippen LogP contribution in [-0.2, 0) is 0 Å². The average Bonchev–Trinajstić information content (AvgIpc) is 3.42. The van der Waals surface area contributed by atoms with Gasteiger partial charge in [0.25, 0.3) is 0 Å². The first-order chi connectivity index (χ1) is 32.7. The van der Waals surface area contributed by atoms with Crippen LogP contribution in [0.5, 0.6) is 0 Å². The van der Waals surface area contributed by atoms with Crippen molar-refractivity contribution in [1.82, 2.24) is 10.6 Å². The zero-order chi connectivity index (χ0) is 44.1. The third-order valence-corrected chi connectivity index (χ3v) is 12.3. The van der Waals surface area contributed by atoms with E-state index in [4.69, 9.17) is 20.0 Å². The standard InChI is InChI=1S/C60H46N6/c1-5-18-41(19-6-1)45-26-14-32-51(37-45)57-61-55(43-22-9-3-10-23-43)63-59(65-57)53-34-16-30-49(39-53)47-28-13-29-48(36-47)50-31-17-35-54(40-50)60-64-56(44-24-11-4-12-25-44)62-58(66-60)52-33-15-27-46(38-52)42-20-7-2-8-21-42/h1-37,39-40,52,57,60H,38H2,(H,61,63,65)(H,62,64,66). The molecule has 0 spiro atoms. The zero-order valence-corrected chi connectivity index (χ0v) is 36.2. The Labute approximate surface area is 385 Å². The van der Waals surface area contributed by atoms with Crippen LogP contribution in [0.2, 0.25) is 0 Å². The number of amidine groups is 4. The number of aliphatic imine (C=N–C) groups is 4. The van der Waals surface area contributed by atoms with Crippen molar-refractivity contribution in [3.8, 4) is 33.4 Å². The van der Waals surface area contributed by atoms with E-state index in [1.807, 2.05) is 30.3 Å². The molecule has 0 bridgehead atoms. The molecule has 3 aliphatic rings. The second-order valence-electron chi connectivity index (χ2n) is 16.7. The van der Waals surface area contributed by atoms with E-state index >= 15 is 0 Å². The predicted octanol–water partition coefficient (Wildman–Crippen LogP) is 13.3. The Morgan fingerprint density at radius 1 is 0.333 bits per heavy atom. The molecule has 316 valence electrons. The summed E-state index contributed by atoms with van der Waals surface area (Å²) in [4.78, 5) is 20.9. The van der Waals surface area contributed by atoms with Gasteiger partial charge in [-0.05, 0) is 86.3 Å². The van der Waals surface area contributed by atoms with E-state index in [0.29, 0.717) is 0 Å². The molecule has 0 fully saturated rings. The molecule has 3 atom stereocenters. The minimum Gasteiger partial charge on any atom is -0.328 e.